The zero-order valence-corrected chi connectivity index (χ0v) is 13.9. The van der Waals surface area contributed by atoms with Crippen LogP contribution in [0.2, 0.25) is 0 Å². The third-order valence-corrected chi connectivity index (χ3v) is 4.36. The van der Waals surface area contributed by atoms with Crippen LogP contribution >= 0.6 is 0 Å². The highest BCUT2D eigenvalue weighted by atomic mass is 16.3. The van der Waals surface area contributed by atoms with Crippen molar-refractivity contribution in [2.45, 2.75) is 19.4 Å². The molecule has 1 aliphatic rings. The highest BCUT2D eigenvalue weighted by Gasteiger charge is 2.23. The number of amides is 1. The summed E-state index contributed by atoms with van der Waals surface area (Å²) in [4.78, 5) is 25.1. The van der Waals surface area contributed by atoms with Gasteiger partial charge in [0.25, 0.3) is 5.91 Å². The van der Waals surface area contributed by atoms with Crippen LogP contribution in [0.25, 0.3) is 5.82 Å². The van der Waals surface area contributed by atoms with Crippen LogP contribution in [0.3, 0.4) is 0 Å². The van der Waals surface area contributed by atoms with E-state index in [0.29, 0.717) is 31.0 Å². The number of hydrogen-bond acceptors (Lipinski definition) is 5. The Morgan fingerprint density at radius 2 is 2.08 bits per heavy atom. The molecular formula is C17H23N5O2. The number of aliphatic hydroxyl groups is 1. The topological polar surface area (TPSA) is 74.5 Å². The Bertz CT molecular complexity index is 665. The summed E-state index contributed by atoms with van der Waals surface area (Å²) in [6.45, 7) is 5.60. The fraction of sp³-hybridized carbons (Fsp3) is 0.471. The first-order chi connectivity index (χ1) is 11.7. The number of piperazine rings is 1. The number of β-amino-alcohol motifs (C(OH)–C–C–N with tert-alkyl or cyclic N) is 1. The Morgan fingerprint density at radius 1 is 1.29 bits per heavy atom. The van der Waals surface area contributed by atoms with Gasteiger partial charge in [-0.1, -0.05) is 6.92 Å². The first-order valence-electron chi connectivity index (χ1n) is 8.31. The molecule has 1 unspecified atom stereocenters. The van der Waals surface area contributed by atoms with Gasteiger partial charge in [0.05, 0.1) is 6.10 Å². The van der Waals surface area contributed by atoms with Crippen molar-refractivity contribution >= 4 is 5.91 Å². The molecule has 1 amide bonds. The average molecular weight is 329 g/mol. The summed E-state index contributed by atoms with van der Waals surface area (Å²) in [5, 5.41) is 9.75. The highest BCUT2D eigenvalue weighted by molar-refractivity contribution is 5.94. The number of carbonyl (C=O) groups is 1. The van der Waals surface area contributed by atoms with Gasteiger partial charge in [0.1, 0.15) is 12.1 Å². The van der Waals surface area contributed by atoms with E-state index in [1.807, 2.05) is 11.8 Å². The quantitative estimate of drug-likeness (QED) is 0.878. The number of aliphatic hydroxyl groups excluding tert-OH is 1. The van der Waals surface area contributed by atoms with Crippen molar-refractivity contribution in [3.8, 4) is 5.82 Å². The molecule has 0 spiro atoms. The molecule has 1 atom stereocenters. The van der Waals surface area contributed by atoms with Crippen molar-refractivity contribution < 1.29 is 9.90 Å². The van der Waals surface area contributed by atoms with E-state index in [1.54, 1.807) is 41.6 Å². The molecule has 1 N–H and O–H groups in total. The van der Waals surface area contributed by atoms with Gasteiger partial charge in [-0.2, -0.15) is 0 Å². The molecule has 0 aliphatic carbocycles. The number of hydrogen-bond donors (Lipinski definition) is 1. The molecular weight excluding hydrogens is 306 g/mol. The van der Waals surface area contributed by atoms with E-state index in [1.165, 1.54) is 0 Å². The average Bonchev–Trinajstić information content (AvgIpc) is 3.16. The largest absolute Gasteiger partial charge is 0.392 e. The fourth-order valence-corrected chi connectivity index (χ4v) is 2.83. The second kappa shape index (κ2) is 7.55. The first kappa shape index (κ1) is 16.6. The number of rotatable bonds is 5. The molecule has 128 valence electrons. The number of aromatic nitrogens is 3. The molecule has 2 aromatic heterocycles. The van der Waals surface area contributed by atoms with Crippen LogP contribution in [-0.4, -0.2) is 74.2 Å². The third kappa shape index (κ3) is 3.80. The predicted octanol–water partition coefficient (Wildman–Crippen LogP) is 0.796. The lowest BCUT2D eigenvalue weighted by Crippen LogP contribution is -2.50. The number of carbonyl (C=O) groups excluding carboxylic acids is 1. The minimum atomic E-state index is -0.287. The van der Waals surface area contributed by atoms with Gasteiger partial charge < -0.3 is 10.0 Å². The Morgan fingerprint density at radius 3 is 2.75 bits per heavy atom. The van der Waals surface area contributed by atoms with Crippen LogP contribution in [0.15, 0.2) is 37.1 Å². The van der Waals surface area contributed by atoms with E-state index >= 15 is 0 Å². The molecule has 2 aromatic rings. The second-order valence-corrected chi connectivity index (χ2v) is 6.03. The van der Waals surface area contributed by atoms with Gasteiger partial charge >= 0.3 is 0 Å². The molecule has 3 rings (SSSR count). The number of pyridine rings is 1. The van der Waals surface area contributed by atoms with Crippen molar-refractivity contribution in [3.63, 3.8) is 0 Å². The van der Waals surface area contributed by atoms with Crippen molar-refractivity contribution in [3.05, 3.63) is 42.6 Å². The van der Waals surface area contributed by atoms with Crippen molar-refractivity contribution in [2.24, 2.45) is 0 Å². The van der Waals surface area contributed by atoms with E-state index in [2.05, 4.69) is 14.9 Å². The second-order valence-electron chi connectivity index (χ2n) is 6.03. The molecule has 0 aromatic carbocycles. The summed E-state index contributed by atoms with van der Waals surface area (Å²) in [6, 6.07) is 3.53. The summed E-state index contributed by atoms with van der Waals surface area (Å²) in [6.07, 6.45) is 7.26. The molecule has 0 radical (unpaired) electrons. The molecule has 3 heterocycles. The van der Waals surface area contributed by atoms with Crippen molar-refractivity contribution in [1.82, 2.24) is 24.3 Å². The van der Waals surface area contributed by atoms with Crippen LogP contribution < -0.4 is 0 Å². The van der Waals surface area contributed by atoms with Crippen molar-refractivity contribution in [2.75, 3.05) is 32.7 Å². The van der Waals surface area contributed by atoms with E-state index in [0.717, 1.165) is 19.5 Å². The predicted molar refractivity (Wildman–Crippen MR) is 90.0 cm³/mol. The van der Waals surface area contributed by atoms with Gasteiger partial charge in [-0.15, -0.1) is 0 Å². The van der Waals surface area contributed by atoms with E-state index in [4.69, 9.17) is 0 Å². The number of imidazole rings is 1. The lowest BCUT2D eigenvalue weighted by Gasteiger charge is -2.35. The molecule has 1 fully saturated rings. The van der Waals surface area contributed by atoms with Gasteiger partial charge in [0, 0.05) is 56.9 Å². The Kier molecular flexibility index (Phi) is 5.22. The van der Waals surface area contributed by atoms with E-state index < -0.39 is 0 Å². The molecule has 7 nitrogen and oxygen atoms in total. The zero-order valence-electron chi connectivity index (χ0n) is 13.9. The maximum absolute atomic E-state index is 12.7. The summed E-state index contributed by atoms with van der Waals surface area (Å²) in [7, 11) is 0. The third-order valence-electron chi connectivity index (χ3n) is 4.36. The standard InChI is InChI=1S/C17H23N5O2/c1-2-15(23)12-20-7-9-21(10-8-20)17(24)14-3-4-19-16(11-14)22-6-5-18-13-22/h3-6,11,13,15,23H,2,7-10,12H2,1H3. The van der Waals surface area contributed by atoms with E-state index in [-0.39, 0.29) is 12.0 Å². The monoisotopic (exact) mass is 329 g/mol. The van der Waals surface area contributed by atoms with Gasteiger partial charge in [0.2, 0.25) is 0 Å². The van der Waals surface area contributed by atoms with Crippen LogP contribution in [0.1, 0.15) is 23.7 Å². The molecule has 1 aliphatic heterocycles. The van der Waals surface area contributed by atoms with Gasteiger partial charge in [-0.05, 0) is 18.6 Å². The number of nitrogens with zero attached hydrogens (tertiary/aromatic N) is 5. The zero-order chi connectivity index (χ0) is 16.9. The smallest absolute Gasteiger partial charge is 0.254 e. The lowest BCUT2D eigenvalue weighted by molar-refractivity contribution is 0.0523. The minimum Gasteiger partial charge on any atom is -0.392 e. The highest BCUT2D eigenvalue weighted by Crippen LogP contribution is 2.12. The molecule has 24 heavy (non-hydrogen) atoms. The maximum Gasteiger partial charge on any atom is 0.254 e. The Labute approximate surface area is 141 Å². The Balaban J connectivity index is 1.62. The normalized spacial score (nSPS) is 17.0. The van der Waals surface area contributed by atoms with Gasteiger partial charge in [0.15, 0.2) is 0 Å². The molecule has 7 heteroatoms. The summed E-state index contributed by atoms with van der Waals surface area (Å²) < 4.78 is 1.78. The fourth-order valence-electron chi connectivity index (χ4n) is 2.83. The van der Waals surface area contributed by atoms with Gasteiger partial charge in [-0.3, -0.25) is 14.3 Å². The SMILES string of the molecule is CCC(O)CN1CCN(C(=O)c2ccnc(-n3ccnc3)c2)CC1. The first-order valence-corrected chi connectivity index (χ1v) is 8.31. The van der Waals surface area contributed by atoms with Crippen LogP contribution in [0.4, 0.5) is 0 Å². The van der Waals surface area contributed by atoms with Crippen LogP contribution in [-0.2, 0) is 0 Å². The summed E-state index contributed by atoms with van der Waals surface area (Å²) >= 11 is 0. The molecule has 0 bridgehead atoms. The maximum atomic E-state index is 12.7. The van der Waals surface area contributed by atoms with E-state index in [9.17, 15) is 9.90 Å². The van der Waals surface area contributed by atoms with Crippen LogP contribution in [0.5, 0.6) is 0 Å². The minimum absolute atomic E-state index is 0.0226. The molecule has 0 saturated carbocycles. The van der Waals surface area contributed by atoms with Crippen molar-refractivity contribution in [1.29, 1.82) is 0 Å². The summed E-state index contributed by atoms with van der Waals surface area (Å²) in [5.41, 5.74) is 0.635. The van der Waals surface area contributed by atoms with Gasteiger partial charge in [-0.25, -0.2) is 9.97 Å². The lowest BCUT2D eigenvalue weighted by atomic mass is 10.2. The van der Waals surface area contributed by atoms with Crippen LogP contribution in [0, 0.1) is 0 Å². The summed E-state index contributed by atoms with van der Waals surface area (Å²) in [5.74, 6) is 0.706. The Hall–Kier alpha value is -2.25. The molecule has 1 saturated heterocycles.